The molecule has 0 atom stereocenters. The minimum absolute atomic E-state index is 0.191. The van der Waals surface area contributed by atoms with E-state index >= 15 is 0 Å². The summed E-state index contributed by atoms with van der Waals surface area (Å²) >= 11 is 0. The molecule has 0 radical (unpaired) electrons. The van der Waals surface area contributed by atoms with Crippen LogP contribution in [0.1, 0.15) is 18.1 Å². The van der Waals surface area contributed by atoms with Crippen LogP contribution in [0.15, 0.2) is 18.2 Å². The number of nitrogens with one attached hydrogen (secondary N) is 1. The Morgan fingerprint density at radius 1 is 1.19 bits per heavy atom. The van der Waals surface area contributed by atoms with Crippen LogP contribution < -0.4 is 5.32 Å². The lowest BCUT2D eigenvalue weighted by Gasteiger charge is -2.08. The highest BCUT2D eigenvalue weighted by atomic mass is 32.2. The van der Waals surface area contributed by atoms with Crippen molar-refractivity contribution in [2.24, 2.45) is 0 Å². The van der Waals surface area contributed by atoms with E-state index in [1.807, 2.05) is 25.1 Å². The lowest BCUT2D eigenvalue weighted by atomic mass is 10.1. The van der Waals surface area contributed by atoms with E-state index in [4.69, 9.17) is 0 Å². The van der Waals surface area contributed by atoms with Gasteiger partial charge in [0.25, 0.3) is 0 Å². The fourth-order valence-corrected chi connectivity index (χ4v) is 2.05. The second-order valence-corrected chi connectivity index (χ2v) is 6.43. The van der Waals surface area contributed by atoms with Gasteiger partial charge in [0.15, 0.2) is 9.84 Å². The number of rotatable bonds is 5. The molecule has 0 saturated carbocycles. The Bertz CT molecular complexity index is 452. The Morgan fingerprint density at radius 2 is 1.88 bits per heavy atom. The van der Waals surface area contributed by atoms with Gasteiger partial charge in [-0.2, -0.15) is 0 Å². The molecule has 4 heteroatoms. The molecule has 1 aromatic carbocycles. The Morgan fingerprint density at radius 3 is 2.44 bits per heavy atom. The molecule has 90 valence electrons. The van der Waals surface area contributed by atoms with Gasteiger partial charge >= 0.3 is 0 Å². The van der Waals surface area contributed by atoms with Crippen LogP contribution in [0.25, 0.3) is 0 Å². The smallest absolute Gasteiger partial charge is 0.151 e. The highest BCUT2D eigenvalue weighted by molar-refractivity contribution is 7.91. The number of benzene rings is 1. The van der Waals surface area contributed by atoms with E-state index in [1.54, 1.807) is 6.92 Å². The molecule has 1 rings (SSSR count). The molecule has 0 bridgehead atoms. The molecule has 1 aromatic rings. The van der Waals surface area contributed by atoms with Crippen molar-refractivity contribution >= 4 is 15.5 Å². The van der Waals surface area contributed by atoms with Gasteiger partial charge in [0.2, 0.25) is 0 Å². The summed E-state index contributed by atoms with van der Waals surface area (Å²) in [4.78, 5) is 0. The maximum absolute atomic E-state index is 11.3. The van der Waals surface area contributed by atoms with E-state index in [0.29, 0.717) is 6.54 Å². The molecule has 0 saturated heterocycles. The molecule has 0 fully saturated rings. The number of anilines is 1. The van der Waals surface area contributed by atoms with Crippen molar-refractivity contribution in [3.8, 4) is 0 Å². The van der Waals surface area contributed by atoms with Gasteiger partial charge in [-0.15, -0.1) is 0 Å². The first kappa shape index (κ1) is 13.0. The van der Waals surface area contributed by atoms with Crippen LogP contribution in [0.3, 0.4) is 0 Å². The Hall–Kier alpha value is -1.03. The van der Waals surface area contributed by atoms with Crippen molar-refractivity contribution in [2.45, 2.75) is 20.8 Å². The van der Waals surface area contributed by atoms with Crippen LogP contribution in [0.2, 0.25) is 0 Å². The molecule has 16 heavy (non-hydrogen) atoms. The van der Waals surface area contributed by atoms with E-state index in [0.717, 1.165) is 5.69 Å². The molecular weight excluding hydrogens is 222 g/mol. The topological polar surface area (TPSA) is 46.2 Å². The minimum atomic E-state index is -2.87. The van der Waals surface area contributed by atoms with E-state index in [9.17, 15) is 8.42 Å². The highest BCUT2D eigenvalue weighted by Crippen LogP contribution is 2.13. The van der Waals surface area contributed by atoms with E-state index in [2.05, 4.69) is 12.2 Å². The number of aryl methyl sites for hydroxylation is 2. The van der Waals surface area contributed by atoms with Gasteiger partial charge in [-0.25, -0.2) is 8.42 Å². The van der Waals surface area contributed by atoms with Gasteiger partial charge < -0.3 is 5.32 Å². The Kier molecular flexibility index (Phi) is 4.35. The van der Waals surface area contributed by atoms with Gasteiger partial charge in [0.05, 0.1) is 5.75 Å². The van der Waals surface area contributed by atoms with Crippen LogP contribution in [0, 0.1) is 13.8 Å². The van der Waals surface area contributed by atoms with Crippen molar-refractivity contribution in [1.82, 2.24) is 0 Å². The maximum Gasteiger partial charge on any atom is 0.151 e. The molecule has 1 N–H and O–H groups in total. The standard InChI is InChI=1S/C12H19NO2S/c1-4-16(14,15)8-7-13-12-6-5-10(2)11(3)9-12/h5-6,9,13H,4,7-8H2,1-3H3. The summed E-state index contributed by atoms with van der Waals surface area (Å²) in [7, 11) is -2.87. The first-order valence-corrected chi connectivity index (χ1v) is 7.28. The summed E-state index contributed by atoms with van der Waals surface area (Å²) in [5.41, 5.74) is 3.43. The average molecular weight is 241 g/mol. The Balaban J connectivity index is 2.53. The lowest BCUT2D eigenvalue weighted by Crippen LogP contribution is -2.17. The highest BCUT2D eigenvalue weighted by Gasteiger charge is 2.06. The van der Waals surface area contributed by atoms with Crippen LogP contribution in [0.4, 0.5) is 5.69 Å². The molecule has 0 amide bonds. The molecule has 0 heterocycles. The molecule has 3 nitrogen and oxygen atoms in total. The van der Waals surface area contributed by atoms with Gasteiger partial charge in [-0.05, 0) is 37.1 Å². The third-order valence-corrected chi connectivity index (χ3v) is 4.39. The monoisotopic (exact) mass is 241 g/mol. The molecule has 0 unspecified atom stereocenters. The van der Waals surface area contributed by atoms with Gasteiger partial charge in [0, 0.05) is 18.0 Å². The second kappa shape index (κ2) is 5.34. The summed E-state index contributed by atoms with van der Waals surface area (Å²) in [6, 6.07) is 6.04. The third-order valence-electron chi connectivity index (χ3n) is 2.69. The predicted octanol–water partition coefficient (Wildman–Crippen LogP) is 2.15. The number of hydrogen-bond donors (Lipinski definition) is 1. The SMILES string of the molecule is CCS(=O)(=O)CCNc1ccc(C)c(C)c1. The lowest BCUT2D eigenvalue weighted by molar-refractivity contribution is 0.597. The van der Waals surface area contributed by atoms with E-state index < -0.39 is 9.84 Å². The third kappa shape index (κ3) is 3.85. The summed E-state index contributed by atoms with van der Waals surface area (Å²) < 4.78 is 22.5. The molecule has 0 aliphatic rings. The first-order chi connectivity index (χ1) is 7.44. The Labute approximate surface area is 97.8 Å². The zero-order chi connectivity index (χ0) is 12.2. The van der Waals surface area contributed by atoms with E-state index in [-0.39, 0.29) is 11.5 Å². The molecule has 0 spiro atoms. The minimum Gasteiger partial charge on any atom is -0.384 e. The molecule has 0 aliphatic heterocycles. The molecule has 0 aromatic heterocycles. The zero-order valence-electron chi connectivity index (χ0n) is 10.1. The maximum atomic E-state index is 11.3. The van der Waals surface area contributed by atoms with Crippen LogP contribution in [0.5, 0.6) is 0 Å². The second-order valence-electron chi connectivity index (χ2n) is 3.96. The van der Waals surface area contributed by atoms with Crippen molar-refractivity contribution < 1.29 is 8.42 Å². The molecular formula is C12H19NO2S. The fourth-order valence-electron chi connectivity index (χ4n) is 1.35. The summed E-state index contributed by atoms with van der Waals surface area (Å²) in [6.45, 7) is 6.24. The summed E-state index contributed by atoms with van der Waals surface area (Å²) in [5, 5.41) is 3.12. The van der Waals surface area contributed by atoms with Gasteiger partial charge in [0.1, 0.15) is 0 Å². The fraction of sp³-hybridized carbons (Fsp3) is 0.500. The van der Waals surface area contributed by atoms with Crippen molar-refractivity contribution in [3.05, 3.63) is 29.3 Å². The molecule has 0 aliphatic carbocycles. The zero-order valence-corrected chi connectivity index (χ0v) is 10.9. The normalized spacial score (nSPS) is 11.4. The van der Waals surface area contributed by atoms with Gasteiger partial charge in [-0.1, -0.05) is 13.0 Å². The quantitative estimate of drug-likeness (QED) is 0.859. The van der Waals surface area contributed by atoms with Crippen molar-refractivity contribution in [3.63, 3.8) is 0 Å². The number of hydrogen-bond acceptors (Lipinski definition) is 3. The van der Waals surface area contributed by atoms with Gasteiger partial charge in [-0.3, -0.25) is 0 Å². The van der Waals surface area contributed by atoms with Crippen LogP contribution in [-0.2, 0) is 9.84 Å². The average Bonchev–Trinajstić information content (AvgIpc) is 2.23. The van der Waals surface area contributed by atoms with Crippen molar-refractivity contribution in [1.29, 1.82) is 0 Å². The summed E-state index contributed by atoms with van der Waals surface area (Å²) in [5.74, 6) is 0.401. The predicted molar refractivity (Wildman–Crippen MR) is 68.7 cm³/mol. The number of sulfone groups is 1. The largest absolute Gasteiger partial charge is 0.384 e. The van der Waals surface area contributed by atoms with Crippen molar-refractivity contribution in [2.75, 3.05) is 23.4 Å². The van der Waals surface area contributed by atoms with Crippen LogP contribution in [-0.4, -0.2) is 26.5 Å². The first-order valence-electron chi connectivity index (χ1n) is 5.46. The summed E-state index contributed by atoms with van der Waals surface area (Å²) in [6.07, 6.45) is 0. The van der Waals surface area contributed by atoms with Crippen LogP contribution >= 0.6 is 0 Å². The van der Waals surface area contributed by atoms with E-state index in [1.165, 1.54) is 11.1 Å².